The highest BCUT2D eigenvalue weighted by Gasteiger charge is 2.23. The lowest BCUT2D eigenvalue weighted by Crippen LogP contribution is -2.23. The minimum Gasteiger partial charge on any atom is -0.360 e. The number of hydrogen-bond acceptors (Lipinski definition) is 6. The predicted molar refractivity (Wildman–Crippen MR) is 79.4 cm³/mol. The van der Waals surface area contributed by atoms with Crippen molar-refractivity contribution in [1.29, 1.82) is 0 Å². The molecule has 8 heteroatoms. The van der Waals surface area contributed by atoms with Gasteiger partial charge in [-0.25, -0.2) is 13.1 Å². The Kier molecular flexibility index (Phi) is 4.12. The maximum atomic E-state index is 12.3. The molecule has 0 aliphatic heterocycles. The van der Waals surface area contributed by atoms with Crippen LogP contribution in [0.25, 0.3) is 0 Å². The highest BCUT2D eigenvalue weighted by molar-refractivity contribution is 7.89. The molecule has 0 amide bonds. The zero-order chi connectivity index (χ0) is 14.9. The van der Waals surface area contributed by atoms with Crippen molar-refractivity contribution in [2.45, 2.75) is 43.8 Å². The van der Waals surface area contributed by atoms with Gasteiger partial charge in [0.25, 0.3) is 0 Å². The second-order valence-corrected chi connectivity index (χ2v) is 8.17. The van der Waals surface area contributed by atoms with Crippen LogP contribution in [0, 0.1) is 6.92 Å². The van der Waals surface area contributed by atoms with E-state index in [0.717, 1.165) is 16.3 Å². The molecule has 0 unspecified atom stereocenters. The van der Waals surface area contributed by atoms with Crippen LogP contribution in [-0.4, -0.2) is 19.6 Å². The summed E-state index contributed by atoms with van der Waals surface area (Å²) in [7, 11) is -3.52. The van der Waals surface area contributed by atoms with E-state index in [9.17, 15) is 8.42 Å². The van der Waals surface area contributed by atoms with Gasteiger partial charge in [-0.15, -0.1) is 11.3 Å². The fraction of sp³-hybridized carbons (Fsp3) is 0.462. The molecule has 2 heterocycles. The topological polar surface area (TPSA) is 84.2 Å². The summed E-state index contributed by atoms with van der Waals surface area (Å²) in [5.41, 5.74) is 0. The van der Waals surface area contributed by atoms with E-state index in [2.05, 4.69) is 15.2 Å². The highest BCUT2D eigenvalue weighted by atomic mass is 32.2. The number of aromatic nitrogens is 1. The summed E-state index contributed by atoms with van der Waals surface area (Å²) in [4.78, 5) is 2.19. The molecule has 0 bridgehead atoms. The van der Waals surface area contributed by atoms with Crippen molar-refractivity contribution in [3.05, 3.63) is 33.8 Å². The lowest BCUT2D eigenvalue weighted by Gasteiger charge is -2.03. The van der Waals surface area contributed by atoms with Crippen LogP contribution in [0.1, 0.15) is 28.4 Å². The van der Waals surface area contributed by atoms with Gasteiger partial charge in [0.1, 0.15) is 0 Å². The minimum atomic E-state index is -3.52. The number of sulfonamides is 1. The monoisotopic (exact) mass is 327 g/mol. The van der Waals surface area contributed by atoms with Crippen molar-refractivity contribution in [2.75, 3.05) is 0 Å². The van der Waals surface area contributed by atoms with Gasteiger partial charge in [0.15, 0.2) is 5.76 Å². The Hall–Kier alpha value is -1.22. The quantitative estimate of drug-likeness (QED) is 0.810. The van der Waals surface area contributed by atoms with Crippen molar-refractivity contribution in [3.8, 4) is 0 Å². The Morgan fingerprint density at radius 3 is 2.90 bits per heavy atom. The zero-order valence-corrected chi connectivity index (χ0v) is 13.3. The number of nitrogens with one attached hydrogen (secondary N) is 2. The van der Waals surface area contributed by atoms with Crippen LogP contribution >= 0.6 is 11.3 Å². The first-order chi connectivity index (χ1) is 10.0. The molecule has 114 valence electrons. The standard InChI is InChI=1S/C13H17N3O3S2/c1-9-13(6-12(20-9)8-14-10-2-3-10)21(17,18)16-7-11-4-5-15-19-11/h4-6,10,14,16H,2-3,7-8H2,1H3. The number of aryl methyl sites for hydroxylation is 1. The first-order valence-corrected chi connectivity index (χ1v) is 9.06. The Morgan fingerprint density at radius 2 is 2.24 bits per heavy atom. The average molecular weight is 327 g/mol. The van der Waals surface area contributed by atoms with Crippen LogP contribution in [0.5, 0.6) is 0 Å². The maximum Gasteiger partial charge on any atom is 0.242 e. The first kappa shape index (κ1) is 14.7. The van der Waals surface area contributed by atoms with Gasteiger partial charge in [-0.1, -0.05) is 5.16 Å². The third kappa shape index (κ3) is 3.70. The SMILES string of the molecule is Cc1sc(CNC2CC2)cc1S(=O)(=O)NCc1ccno1. The summed E-state index contributed by atoms with van der Waals surface area (Å²) in [6.45, 7) is 2.66. The van der Waals surface area contributed by atoms with Crippen LogP contribution in [0.2, 0.25) is 0 Å². The summed E-state index contributed by atoms with van der Waals surface area (Å²) in [5, 5.41) is 6.94. The fourth-order valence-corrected chi connectivity index (χ4v) is 4.57. The molecular formula is C13H17N3O3S2. The second-order valence-electron chi connectivity index (χ2n) is 5.09. The van der Waals surface area contributed by atoms with E-state index in [4.69, 9.17) is 4.52 Å². The number of nitrogens with zero attached hydrogens (tertiary/aromatic N) is 1. The van der Waals surface area contributed by atoms with Crippen LogP contribution in [0.4, 0.5) is 0 Å². The highest BCUT2D eigenvalue weighted by Crippen LogP contribution is 2.27. The molecule has 0 atom stereocenters. The fourth-order valence-electron chi connectivity index (χ4n) is 1.99. The maximum absolute atomic E-state index is 12.3. The number of rotatable bonds is 7. The summed E-state index contributed by atoms with van der Waals surface area (Å²) in [6, 6.07) is 3.99. The largest absolute Gasteiger partial charge is 0.360 e. The first-order valence-electron chi connectivity index (χ1n) is 6.76. The van der Waals surface area contributed by atoms with Gasteiger partial charge >= 0.3 is 0 Å². The van der Waals surface area contributed by atoms with E-state index in [1.165, 1.54) is 30.4 Å². The van der Waals surface area contributed by atoms with E-state index < -0.39 is 10.0 Å². The summed E-state index contributed by atoms with van der Waals surface area (Å²) >= 11 is 1.52. The molecule has 0 aromatic carbocycles. The van der Waals surface area contributed by atoms with Crippen LogP contribution in [0.15, 0.2) is 27.7 Å². The number of thiophene rings is 1. The van der Waals surface area contributed by atoms with Crippen molar-refractivity contribution in [2.24, 2.45) is 0 Å². The van der Waals surface area contributed by atoms with E-state index >= 15 is 0 Å². The summed E-state index contributed by atoms with van der Waals surface area (Å²) in [5.74, 6) is 0.488. The molecule has 2 N–H and O–H groups in total. The van der Waals surface area contributed by atoms with Gasteiger partial charge in [-0.3, -0.25) is 0 Å². The van der Waals surface area contributed by atoms with Gasteiger partial charge in [0.05, 0.1) is 17.6 Å². The molecule has 6 nitrogen and oxygen atoms in total. The van der Waals surface area contributed by atoms with Gasteiger partial charge in [0, 0.05) is 28.4 Å². The second kappa shape index (κ2) is 5.88. The molecule has 0 spiro atoms. The van der Waals surface area contributed by atoms with E-state index in [0.29, 0.717) is 16.7 Å². The Morgan fingerprint density at radius 1 is 1.43 bits per heavy atom. The molecule has 1 aliphatic rings. The number of hydrogen-bond donors (Lipinski definition) is 2. The van der Waals surface area contributed by atoms with Crippen molar-refractivity contribution < 1.29 is 12.9 Å². The Balaban J connectivity index is 1.68. The van der Waals surface area contributed by atoms with Crippen LogP contribution in [0.3, 0.4) is 0 Å². The van der Waals surface area contributed by atoms with E-state index in [1.807, 2.05) is 6.92 Å². The molecule has 2 aromatic heterocycles. The molecule has 1 saturated carbocycles. The van der Waals surface area contributed by atoms with Crippen molar-refractivity contribution in [1.82, 2.24) is 15.2 Å². The van der Waals surface area contributed by atoms with Crippen LogP contribution < -0.4 is 10.0 Å². The molecule has 1 fully saturated rings. The molecular weight excluding hydrogens is 310 g/mol. The molecule has 1 aliphatic carbocycles. The van der Waals surface area contributed by atoms with Gasteiger partial charge < -0.3 is 9.84 Å². The normalized spacial score (nSPS) is 15.5. The average Bonchev–Trinajstić information content (AvgIpc) is 2.97. The van der Waals surface area contributed by atoms with Gasteiger partial charge in [0.2, 0.25) is 10.0 Å². The van der Waals surface area contributed by atoms with E-state index in [1.54, 1.807) is 12.1 Å². The lowest BCUT2D eigenvalue weighted by molar-refractivity contribution is 0.380. The summed E-state index contributed by atoms with van der Waals surface area (Å²) in [6.07, 6.45) is 3.92. The van der Waals surface area contributed by atoms with E-state index in [-0.39, 0.29) is 6.54 Å². The predicted octanol–water partition coefficient (Wildman–Crippen LogP) is 1.78. The minimum absolute atomic E-state index is 0.104. The molecule has 3 rings (SSSR count). The van der Waals surface area contributed by atoms with Gasteiger partial charge in [-0.2, -0.15) is 0 Å². The molecule has 2 aromatic rings. The lowest BCUT2D eigenvalue weighted by atomic mass is 10.4. The summed E-state index contributed by atoms with van der Waals surface area (Å²) < 4.78 is 32.1. The molecule has 0 radical (unpaired) electrons. The molecule has 0 saturated heterocycles. The van der Waals surface area contributed by atoms with Crippen molar-refractivity contribution in [3.63, 3.8) is 0 Å². The third-order valence-corrected chi connectivity index (χ3v) is 5.99. The smallest absolute Gasteiger partial charge is 0.242 e. The molecule has 21 heavy (non-hydrogen) atoms. The Bertz CT molecular complexity index is 703. The Labute approximate surface area is 127 Å². The van der Waals surface area contributed by atoms with Crippen LogP contribution in [-0.2, 0) is 23.1 Å². The zero-order valence-electron chi connectivity index (χ0n) is 11.6. The third-order valence-electron chi connectivity index (χ3n) is 3.28. The van der Waals surface area contributed by atoms with Crippen molar-refractivity contribution >= 4 is 21.4 Å². The van der Waals surface area contributed by atoms with Gasteiger partial charge in [-0.05, 0) is 25.8 Å².